The molecule has 158 valence electrons. The largest absolute Gasteiger partial charge is 0.469 e. The summed E-state index contributed by atoms with van der Waals surface area (Å²) < 4.78 is 21.1. The second-order valence-electron chi connectivity index (χ2n) is 8.54. The molecule has 0 bridgehead atoms. The molecular weight excluding hydrogens is 377 g/mol. The van der Waals surface area contributed by atoms with E-state index >= 15 is 0 Å². The van der Waals surface area contributed by atoms with E-state index in [4.69, 9.17) is 20.3 Å². The quantitative estimate of drug-likeness (QED) is 0.423. The van der Waals surface area contributed by atoms with Gasteiger partial charge in [0.1, 0.15) is 0 Å². The maximum atomic E-state index is 11.0. The highest BCUT2D eigenvalue weighted by Crippen LogP contribution is 2.44. The van der Waals surface area contributed by atoms with Crippen LogP contribution in [0, 0.1) is 5.92 Å². The van der Waals surface area contributed by atoms with E-state index in [1.165, 1.54) is 29.5 Å². The molecule has 28 heavy (non-hydrogen) atoms. The van der Waals surface area contributed by atoms with E-state index in [1.807, 2.05) is 6.92 Å². The number of rotatable bonds is 9. The van der Waals surface area contributed by atoms with Crippen molar-refractivity contribution in [1.82, 2.24) is 0 Å². The molecule has 1 fully saturated rings. The van der Waals surface area contributed by atoms with Crippen LogP contribution in [0.5, 0.6) is 0 Å². The number of benzene rings is 1. The average Bonchev–Trinajstić information content (AvgIpc) is 3.05. The molecule has 0 amide bonds. The predicted molar refractivity (Wildman–Crippen MR) is 109 cm³/mol. The van der Waals surface area contributed by atoms with Crippen molar-refractivity contribution in [3.05, 3.63) is 34.9 Å². The lowest BCUT2D eigenvalue weighted by molar-refractivity contribution is 0.138. The third kappa shape index (κ3) is 6.12. The van der Waals surface area contributed by atoms with Gasteiger partial charge in [0.15, 0.2) is 0 Å². The van der Waals surface area contributed by atoms with Gasteiger partial charge in [-0.1, -0.05) is 18.2 Å². The van der Waals surface area contributed by atoms with Crippen molar-refractivity contribution in [3.63, 3.8) is 0 Å². The Hall–Kier alpha value is -0.750. The summed E-state index contributed by atoms with van der Waals surface area (Å²) in [5, 5.41) is 0. The molecule has 6 nitrogen and oxygen atoms in total. The molecule has 3 rings (SSSR count). The summed E-state index contributed by atoms with van der Waals surface area (Å²) >= 11 is 0. The van der Waals surface area contributed by atoms with Crippen LogP contribution in [0.4, 0.5) is 0 Å². The molecule has 0 aliphatic heterocycles. The van der Waals surface area contributed by atoms with Gasteiger partial charge in [-0.25, -0.2) is 4.57 Å². The first kappa shape index (κ1) is 21.9. The number of phosphoric acid groups is 1. The van der Waals surface area contributed by atoms with Crippen molar-refractivity contribution in [3.8, 4) is 0 Å². The zero-order chi connectivity index (χ0) is 20.2. The van der Waals surface area contributed by atoms with Gasteiger partial charge >= 0.3 is 7.82 Å². The molecule has 0 saturated heterocycles. The highest BCUT2D eigenvalue weighted by atomic mass is 31.2. The van der Waals surface area contributed by atoms with Gasteiger partial charge in [0.2, 0.25) is 0 Å². The molecule has 1 aromatic rings. The van der Waals surface area contributed by atoms with E-state index in [1.54, 1.807) is 0 Å². The van der Waals surface area contributed by atoms with Gasteiger partial charge in [-0.05, 0) is 86.8 Å². The van der Waals surface area contributed by atoms with Crippen molar-refractivity contribution in [2.24, 2.45) is 11.7 Å². The summed E-state index contributed by atoms with van der Waals surface area (Å²) in [7, 11) is -4.47. The standard InChI is InChI=1S/C21H34NO5P/c1-2-26-11-3-4-16-5-6-18-13-19(8-7-17(18)12-16)20-9-10-21(22,14-20)15-27-28(23,24)25/h7-8,13,16,20H,2-6,9-12,14-15,22H2,1H3,(H2,23,24,25). The molecule has 0 radical (unpaired) electrons. The number of ether oxygens (including phenoxy) is 1. The number of aryl methyl sites for hydroxylation is 1. The SMILES string of the molecule is CCOCCCC1CCc2cc(C3CCC(N)(COP(=O)(O)O)C3)ccc2C1. The van der Waals surface area contributed by atoms with E-state index in [0.29, 0.717) is 12.3 Å². The summed E-state index contributed by atoms with van der Waals surface area (Å²) in [6.45, 7) is 3.61. The summed E-state index contributed by atoms with van der Waals surface area (Å²) in [6, 6.07) is 6.84. The topological polar surface area (TPSA) is 102 Å². The Morgan fingerprint density at radius 2 is 2.11 bits per heavy atom. The summed E-state index contributed by atoms with van der Waals surface area (Å²) in [5.74, 6) is 1.09. The molecule has 4 N–H and O–H groups in total. The summed E-state index contributed by atoms with van der Waals surface area (Å²) in [4.78, 5) is 17.9. The first-order valence-electron chi connectivity index (χ1n) is 10.5. The number of hydrogen-bond donors (Lipinski definition) is 3. The summed E-state index contributed by atoms with van der Waals surface area (Å²) in [6.07, 6.45) is 8.25. The van der Waals surface area contributed by atoms with Crippen LogP contribution in [0.1, 0.15) is 68.1 Å². The molecule has 2 aliphatic carbocycles. The van der Waals surface area contributed by atoms with Crippen LogP contribution in [0.2, 0.25) is 0 Å². The summed E-state index contributed by atoms with van der Waals surface area (Å²) in [5.41, 5.74) is 9.91. The molecule has 0 heterocycles. The molecule has 2 aliphatic rings. The lowest BCUT2D eigenvalue weighted by Crippen LogP contribution is -2.41. The van der Waals surface area contributed by atoms with Gasteiger partial charge in [0, 0.05) is 18.8 Å². The first-order valence-corrected chi connectivity index (χ1v) is 12.0. The van der Waals surface area contributed by atoms with Gasteiger partial charge in [-0.3, -0.25) is 4.52 Å². The van der Waals surface area contributed by atoms with Crippen molar-refractivity contribution in [2.75, 3.05) is 19.8 Å². The Labute approximate surface area is 168 Å². The smallest absolute Gasteiger partial charge is 0.382 e. The van der Waals surface area contributed by atoms with Crippen LogP contribution in [0.15, 0.2) is 18.2 Å². The highest BCUT2D eigenvalue weighted by molar-refractivity contribution is 7.46. The third-order valence-electron chi connectivity index (χ3n) is 6.30. The Morgan fingerprint density at radius 1 is 1.29 bits per heavy atom. The molecule has 1 aromatic carbocycles. The molecule has 0 aromatic heterocycles. The van der Waals surface area contributed by atoms with Crippen LogP contribution >= 0.6 is 7.82 Å². The fraction of sp³-hybridized carbons (Fsp3) is 0.714. The van der Waals surface area contributed by atoms with Gasteiger partial charge in [-0.2, -0.15) is 0 Å². The number of hydrogen-bond acceptors (Lipinski definition) is 4. The molecule has 7 heteroatoms. The second kappa shape index (κ2) is 9.38. The maximum Gasteiger partial charge on any atom is 0.469 e. The van der Waals surface area contributed by atoms with Crippen molar-refractivity contribution >= 4 is 7.82 Å². The lowest BCUT2D eigenvalue weighted by atomic mass is 9.80. The van der Waals surface area contributed by atoms with Gasteiger partial charge in [0.05, 0.1) is 6.61 Å². The minimum Gasteiger partial charge on any atom is -0.382 e. The van der Waals surface area contributed by atoms with Crippen molar-refractivity contribution < 1.29 is 23.6 Å². The van der Waals surface area contributed by atoms with Crippen LogP contribution in [0.3, 0.4) is 0 Å². The zero-order valence-corrected chi connectivity index (χ0v) is 17.7. The van der Waals surface area contributed by atoms with Gasteiger partial charge in [-0.15, -0.1) is 0 Å². The molecular formula is C21H34NO5P. The van der Waals surface area contributed by atoms with E-state index in [0.717, 1.165) is 51.2 Å². The Kier molecular flexibility index (Phi) is 7.35. The zero-order valence-electron chi connectivity index (χ0n) is 16.8. The molecule has 0 spiro atoms. The molecule has 3 atom stereocenters. The number of nitrogens with two attached hydrogens (primary N) is 1. The maximum absolute atomic E-state index is 11.0. The van der Waals surface area contributed by atoms with Crippen molar-refractivity contribution in [2.45, 2.75) is 69.7 Å². The molecule has 1 saturated carbocycles. The predicted octanol–water partition coefficient (Wildman–Crippen LogP) is 3.68. The van der Waals surface area contributed by atoms with E-state index < -0.39 is 13.4 Å². The van der Waals surface area contributed by atoms with Crippen LogP contribution in [-0.2, 0) is 26.7 Å². The van der Waals surface area contributed by atoms with E-state index in [9.17, 15) is 4.57 Å². The highest BCUT2D eigenvalue weighted by Gasteiger charge is 2.38. The van der Waals surface area contributed by atoms with Crippen LogP contribution in [-0.4, -0.2) is 35.1 Å². The Balaban J connectivity index is 1.56. The van der Waals surface area contributed by atoms with Crippen LogP contribution in [0.25, 0.3) is 0 Å². The third-order valence-corrected chi connectivity index (χ3v) is 6.77. The number of fused-ring (bicyclic) bond motifs is 1. The first-order chi connectivity index (χ1) is 13.3. The number of phosphoric ester groups is 1. The Morgan fingerprint density at radius 3 is 2.86 bits per heavy atom. The fourth-order valence-corrected chi connectivity index (χ4v) is 5.18. The van der Waals surface area contributed by atoms with Crippen LogP contribution < -0.4 is 5.73 Å². The normalized spacial score (nSPS) is 27.7. The minimum atomic E-state index is -4.47. The molecule has 3 unspecified atom stereocenters. The minimum absolute atomic E-state index is 0.0951. The van der Waals surface area contributed by atoms with E-state index in [-0.39, 0.29) is 6.61 Å². The van der Waals surface area contributed by atoms with Gasteiger partial charge in [0.25, 0.3) is 0 Å². The monoisotopic (exact) mass is 411 g/mol. The fourth-order valence-electron chi connectivity index (χ4n) is 4.75. The average molecular weight is 411 g/mol. The lowest BCUT2D eigenvalue weighted by Gasteiger charge is -2.26. The van der Waals surface area contributed by atoms with E-state index in [2.05, 4.69) is 22.7 Å². The Bertz CT molecular complexity index is 706. The van der Waals surface area contributed by atoms with Gasteiger partial charge < -0.3 is 20.3 Å². The van der Waals surface area contributed by atoms with Crippen molar-refractivity contribution in [1.29, 1.82) is 0 Å². The second-order valence-corrected chi connectivity index (χ2v) is 9.78.